The Morgan fingerprint density at radius 1 is 1.35 bits per heavy atom. The number of H-pyrrole nitrogens is 1. The third-order valence-electron chi connectivity index (χ3n) is 2.95. The van der Waals surface area contributed by atoms with E-state index in [1.165, 1.54) is 12.1 Å². The summed E-state index contributed by atoms with van der Waals surface area (Å²) in [4.78, 5) is 18.9. The van der Waals surface area contributed by atoms with Crippen LogP contribution in [0.1, 0.15) is 5.82 Å². The lowest BCUT2D eigenvalue weighted by molar-refractivity contribution is -0.120. The van der Waals surface area contributed by atoms with Crippen LogP contribution in [0.2, 0.25) is 0 Å². The number of hydrogen-bond donors (Lipinski definition) is 3. The minimum Gasteiger partial charge on any atom is -0.383 e. The molecule has 0 atom stereocenters. The van der Waals surface area contributed by atoms with Crippen LogP contribution in [0.4, 0.5) is 4.39 Å². The molecule has 2 rings (SSSR count). The highest BCUT2D eigenvalue weighted by Crippen LogP contribution is 2.12. The number of amides is 1. The largest absolute Gasteiger partial charge is 0.383 e. The highest BCUT2D eigenvalue weighted by molar-refractivity contribution is 5.85. The number of hydrogen-bond acceptors (Lipinski definition) is 4. The van der Waals surface area contributed by atoms with Crippen LogP contribution in [0, 0.1) is 5.82 Å². The number of halogens is 3. The molecule has 9 heteroatoms. The van der Waals surface area contributed by atoms with Crippen molar-refractivity contribution in [2.75, 3.05) is 33.4 Å². The molecule has 0 spiro atoms. The zero-order valence-corrected chi connectivity index (χ0v) is 14.4. The van der Waals surface area contributed by atoms with Crippen molar-refractivity contribution < 1.29 is 13.9 Å². The van der Waals surface area contributed by atoms with Gasteiger partial charge in [-0.15, -0.1) is 24.8 Å². The first kappa shape index (κ1) is 21.6. The maximum Gasteiger partial charge on any atom is 0.233 e. The Morgan fingerprint density at radius 2 is 2.13 bits per heavy atom. The molecule has 2 aromatic rings. The molecular formula is C14H21Cl2FN4O2. The number of benzene rings is 1. The predicted molar refractivity (Wildman–Crippen MR) is 92.0 cm³/mol. The topological polar surface area (TPSA) is 79.0 Å². The second-order valence-electron chi connectivity index (χ2n) is 4.61. The van der Waals surface area contributed by atoms with Gasteiger partial charge in [-0.25, -0.2) is 9.37 Å². The molecule has 0 aliphatic rings. The van der Waals surface area contributed by atoms with Crippen LogP contribution in [-0.4, -0.2) is 49.2 Å². The molecule has 3 N–H and O–H groups in total. The number of ether oxygens (including phenoxy) is 1. The number of imidazole rings is 1. The van der Waals surface area contributed by atoms with E-state index in [9.17, 15) is 9.18 Å². The number of aromatic amines is 1. The molecule has 1 aromatic carbocycles. The second kappa shape index (κ2) is 11.2. The molecule has 0 radical (unpaired) electrons. The van der Waals surface area contributed by atoms with E-state index in [4.69, 9.17) is 4.74 Å². The molecule has 130 valence electrons. The first-order valence-electron chi connectivity index (χ1n) is 6.79. The lowest BCUT2D eigenvalue weighted by atomic mass is 10.3. The molecule has 0 bridgehead atoms. The van der Waals surface area contributed by atoms with Crippen molar-refractivity contribution in [1.29, 1.82) is 0 Å². The molecule has 0 saturated heterocycles. The average Bonchev–Trinajstić information content (AvgIpc) is 2.85. The van der Waals surface area contributed by atoms with Crippen molar-refractivity contribution in [2.45, 2.75) is 6.42 Å². The van der Waals surface area contributed by atoms with Gasteiger partial charge in [-0.05, 0) is 18.2 Å². The zero-order chi connectivity index (χ0) is 15.1. The predicted octanol–water partition coefficient (Wildman–Crippen LogP) is 1.44. The lowest BCUT2D eigenvalue weighted by Gasteiger charge is -2.05. The van der Waals surface area contributed by atoms with Crippen LogP contribution >= 0.6 is 24.8 Å². The molecule has 0 saturated carbocycles. The van der Waals surface area contributed by atoms with Gasteiger partial charge >= 0.3 is 0 Å². The van der Waals surface area contributed by atoms with E-state index in [0.29, 0.717) is 31.6 Å². The van der Waals surface area contributed by atoms with Crippen molar-refractivity contribution in [3.63, 3.8) is 0 Å². The molecule has 1 amide bonds. The summed E-state index contributed by atoms with van der Waals surface area (Å²) in [6, 6.07) is 4.41. The van der Waals surface area contributed by atoms with Crippen LogP contribution in [0.15, 0.2) is 18.2 Å². The van der Waals surface area contributed by atoms with E-state index in [1.807, 2.05) is 0 Å². The maximum atomic E-state index is 13.1. The quantitative estimate of drug-likeness (QED) is 0.617. The van der Waals surface area contributed by atoms with Crippen LogP contribution in [0.5, 0.6) is 0 Å². The Morgan fingerprint density at radius 3 is 2.87 bits per heavy atom. The summed E-state index contributed by atoms with van der Waals surface area (Å²) in [7, 11) is 1.61. The maximum absolute atomic E-state index is 13.1. The second-order valence-corrected chi connectivity index (χ2v) is 4.61. The molecule has 0 aliphatic carbocycles. The van der Waals surface area contributed by atoms with Gasteiger partial charge in [0, 0.05) is 26.6 Å². The van der Waals surface area contributed by atoms with Gasteiger partial charge in [0.1, 0.15) is 11.6 Å². The van der Waals surface area contributed by atoms with Crippen LogP contribution < -0.4 is 10.6 Å². The first-order chi connectivity index (χ1) is 10.2. The Labute approximate surface area is 146 Å². The van der Waals surface area contributed by atoms with Crippen molar-refractivity contribution in [2.24, 2.45) is 0 Å². The zero-order valence-electron chi connectivity index (χ0n) is 12.7. The van der Waals surface area contributed by atoms with Crippen molar-refractivity contribution in [3.8, 4) is 0 Å². The number of nitrogens with one attached hydrogen (secondary N) is 3. The van der Waals surface area contributed by atoms with Gasteiger partial charge in [0.2, 0.25) is 5.91 Å². The lowest BCUT2D eigenvalue weighted by Crippen LogP contribution is -2.36. The van der Waals surface area contributed by atoms with E-state index in [0.717, 1.165) is 11.3 Å². The first-order valence-corrected chi connectivity index (χ1v) is 6.79. The highest BCUT2D eigenvalue weighted by atomic mass is 35.5. The van der Waals surface area contributed by atoms with E-state index >= 15 is 0 Å². The normalized spacial score (nSPS) is 10.0. The fourth-order valence-corrected chi connectivity index (χ4v) is 1.91. The van der Waals surface area contributed by atoms with E-state index in [-0.39, 0.29) is 43.1 Å². The summed E-state index contributed by atoms with van der Waals surface area (Å²) < 4.78 is 17.9. The molecule has 0 aliphatic heterocycles. The number of carbonyl (C=O) groups is 1. The van der Waals surface area contributed by atoms with Crippen LogP contribution in [-0.2, 0) is 16.0 Å². The van der Waals surface area contributed by atoms with E-state index < -0.39 is 0 Å². The van der Waals surface area contributed by atoms with Gasteiger partial charge in [-0.3, -0.25) is 4.79 Å². The third-order valence-corrected chi connectivity index (χ3v) is 2.95. The number of aromatic nitrogens is 2. The Hall–Kier alpha value is -1.41. The van der Waals surface area contributed by atoms with Crippen molar-refractivity contribution in [3.05, 3.63) is 29.8 Å². The SMILES string of the molecule is COCCNCC(=O)NCCc1nc2ccc(F)cc2[nH]1.Cl.Cl. The van der Waals surface area contributed by atoms with Gasteiger partial charge in [0.05, 0.1) is 24.2 Å². The summed E-state index contributed by atoms with van der Waals surface area (Å²) in [6.45, 7) is 1.95. The highest BCUT2D eigenvalue weighted by Gasteiger charge is 2.05. The molecule has 1 aromatic heterocycles. The van der Waals surface area contributed by atoms with E-state index in [1.54, 1.807) is 13.2 Å². The minimum atomic E-state index is -0.298. The standard InChI is InChI=1S/C14H19FN4O2.2ClH/c1-21-7-6-16-9-14(20)17-5-4-13-18-11-3-2-10(15)8-12(11)19-13;;/h2-3,8,16H,4-7,9H2,1H3,(H,17,20)(H,18,19);2*1H. The van der Waals surface area contributed by atoms with Crippen molar-refractivity contribution >= 4 is 41.8 Å². The molecule has 1 heterocycles. The molecule has 23 heavy (non-hydrogen) atoms. The molecule has 0 unspecified atom stereocenters. The summed E-state index contributed by atoms with van der Waals surface area (Å²) in [5, 5.41) is 5.75. The number of rotatable bonds is 8. The van der Waals surface area contributed by atoms with Gasteiger partial charge < -0.3 is 20.4 Å². The molecular weight excluding hydrogens is 346 g/mol. The minimum absolute atomic E-state index is 0. The summed E-state index contributed by atoms with van der Waals surface area (Å²) >= 11 is 0. The van der Waals surface area contributed by atoms with Gasteiger partial charge in [0.25, 0.3) is 0 Å². The van der Waals surface area contributed by atoms with Crippen molar-refractivity contribution in [1.82, 2.24) is 20.6 Å². The number of fused-ring (bicyclic) bond motifs is 1. The molecule has 6 nitrogen and oxygen atoms in total. The van der Waals surface area contributed by atoms with E-state index in [2.05, 4.69) is 20.6 Å². The summed E-state index contributed by atoms with van der Waals surface area (Å²) in [6.07, 6.45) is 0.570. The number of nitrogens with zero attached hydrogens (tertiary/aromatic N) is 1. The summed E-state index contributed by atoms with van der Waals surface area (Å²) in [5.74, 6) is 0.352. The van der Waals surface area contributed by atoms with Gasteiger partial charge in [-0.2, -0.15) is 0 Å². The number of methoxy groups -OCH3 is 1. The summed E-state index contributed by atoms with van der Waals surface area (Å²) in [5.41, 5.74) is 1.39. The molecule has 0 fully saturated rings. The average molecular weight is 367 g/mol. The number of carbonyl (C=O) groups excluding carboxylic acids is 1. The van der Waals surface area contributed by atoms with Gasteiger partial charge in [0.15, 0.2) is 0 Å². The van der Waals surface area contributed by atoms with Crippen LogP contribution in [0.3, 0.4) is 0 Å². The van der Waals surface area contributed by atoms with Gasteiger partial charge in [-0.1, -0.05) is 0 Å². The third kappa shape index (κ3) is 7.13. The Kier molecular flexibility index (Phi) is 10.5. The fourth-order valence-electron chi connectivity index (χ4n) is 1.91. The Balaban J connectivity index is 0.00000242. The monoisotopic (exact) mass is 366 g/mol. The smallest absolute Gasteiger partial charge is 0.233 e. The van der Waals surface area contributed by atoms with Crippen LogP contribution in [0.25, 0.3) is 11.0 Å². The fraction of sp³-hybridized carbons (Fsp3) is 0.429. The Bertz CT molecular complexity index is 609.